The van der Waals surface area contributed by atoms with Crippen molar-refractivity contribution in [3.63, 3.8) is 0 Å². The van der Waals surface area contributed by atoms with E-state index < -0.39 is 0 Å². The van der Waals surface area contributed by atoms with E-state index in [9.17, 15) is 0 Å². The van der Waals surface area contributed by atoms with Crippen LogP contribution >= 0.6 is 22.9 Å². The number of nitrogens with zero attached hydrogens (tertiary/aromatic N) is 2. The molecule has 0 saturated carbocycles. The van der Waals surface area contributed by atoms with Crippen LogP contribution in [-0.4, -0.2) is 37.4 Å². The van der Waals surface area contributed by atoms with Crippen molar-refractivity contribution in [2.75, 3.05) is 26.2 Å². The molecule has 1 N–H and O–H groups in total. The van der Waals surface area contributed by atoms with Crippen molar-refractivity contribution in [1.29, 1.82) is 0 Å². The summed E-state index contributed by atoms with van der Waals surface area (Å²) in [5, 5.41) is 7.60. The number of piperazine rings is 1. The van der Waals surface area contributed by atoms with E-state index in [1.54, 1.807) is 16.2 Å². The van der Waals surface area contributed by atoms with Crippen LogP contribution in [0.5, 0.6) is 0 Å². The summed E-state index contributed by atoms with van der Waals surface area (Å²) in [4.78, 5) is 4.17. The molecule has 2 aromatic rings. The molecule has 1 fully saturated rings. The number of nitrogens with one attached hydrogen (secondary N) is 1. The zero-order chi connectivity index (χ0) is 15.4. The maximum Gasteiger partial charge on any atom is 0.103 e. The molecule has 0 atom stereocenters. The van der Waals surface area contributed by atoms with Gasteiger partial charge in [-0.15, -0.1) is 11.3 Å². The molecule has 22 heavy (non-hydrogen) atoms. The molecule has 0 spiro atoms. The molecule has 0 amide bonds. The second kappa shape index (κ2) is 7.27. The standard InChI is InChI=1S/C17H20ClN3S/c1-14-2-7-17(22-14)12-19-21-10-8-20(9-11-21)13-15-3-5-16(18)6-4-15/h2-7,12H,8-11,13H2,1H3/p+1. The third kappa shape index (κ3) is 4.32. The maximum atomic E-state index is 5.93. The molecule has 0 aliphatic carbocycles. The van der Waals surface area contributed by atoms with Gasteiger partial charge in [0.05, 0.1) is 32.4 Å². The summed E-state index contributed by atoms with van der Waals surface area (Å²) in [7, 11) is 0. The Hall–Kier alpha value is -1.36. The monoisotopic (exact) mass is 334 g/mol. The van der Waals surface area contributed by atoms with Crippen molar-refractivity contribution in [1.82, 2.24) is 5.01 Å². The van der Waals surface area contributed by atoms with Gasteiger partial charge in [0.2, 0.25) is 0 Å². The Labute approximate surface area is 140 Å². The highest BCUT2D eigenvalue weighted by atomic mass is 35.5. The predicted molar refractivity (Wildman–Crippen MR) is 94.1 cm³/mol. The van der Waals surface area contributed by atoms with Gasteiger partial charge in [-0.1, -0.05) is 23.7 Å². The molecule has 116 valence electrons. The van der Waals surface area contributed by atoms with Crippen LogP contribution in [-0.2, 0) is 6.54 Å². The van der Waals surface area contributed by atoms with Crippen molar-refractivity contribution in [3.8, 4) is 0 Å². The van der Waals surface area contributed by atoms with Crippen LogP contribution in [0.15, 0.2) is 41.5 Å². The first-order valence-electron chi connectivity index (χ1n) is 7.62. The molecule has 0 unspecified atom stereocenters. The summed E-state index contributed by atoms with van der Waals surface area (Å²) >= 11 is 7.72. The average Bonchev–Trinajstić information content (AvgIpc) is 2.94. The molecule has 0 radical (unpaired) electrons. The number of quaternary nitrogens is 1. The number of benzene rings is 1. The maximum absolute atomic E-state index is 5.93. The van der Waals surface area contributed by atoms with Gasteiger partial charge in [0.15, 0.2) is 0 Å². The van der Waals surface area contributed by atoms with Gasteiger partial charge in [0.25, 0.3) is 0 Å². The lowest BCUT2D eigenvalue weighted by atomic mass is 10.2. The Balaban J connectivity index is 1.48. The summed E-state index contributed by atoms with van der Waals surface area (Å²) in [5.41, 5.74) is 1.35. The minimum absolute atomic E-state index is 0.807. The lowest BCUT2D eigenvalue weighted by Gasteiger charge is -2.30. The molecule has 1 aliphatic heterocycles. The van der Waals surface area contributed by atoms with Crippen LogP contribution in [0.2, 0.25) is 5.02 Å². The number of rotatable bonds is 4. The summed E-state index contributed by atoms with van der Waals surface area (Å²) in [5.74, 6) is 0. The van der Waals surface area contributed by atoms with E-state index in [0.29, 0.717) is 0 Å². The molecule has 5 heteroatoms. The zero-order valence-electron chi connectivity index (χ0n) is 12.8. The molecular formula is C17H21ClN3S+. The number of hydrogen-bond acceptors (Lipinski definition) is 3. The molecule has 1 aliphatic rings. The topological polar surface area (TPSA) is 20.0 Å². The van der Waals surface area contributed by atoms with Crippen LogP contribution in [0.1, 0.15) is 15.3 Å². The Morgan fingerprint density at radius 1 is 1.18 bits per heavy atom. The van der Waals surface area contributed by atoms with E-state index in [-0.39, 0.29) is 0 Å². The van der Waals surface area contributed by atoms with Gasteiger partial charge in [-0.2, -0.15) is 5.10 Å². The second-order valence-electron chi connectivity index (χ2n) is 5.70. The molecular weight excluding hydrogens is 314 g/mol. The smallest absolute Gasteiger partial charge is 0.103 e. The molecule has 1 saturated heterocycles. The number of hydrogen-bond donors (Lipinski definition) is 1. The van der Waals surface area contributed by atoms with E-state index in [4.69, 9.17) is 11.6 Å². The largest absolute Gasteiger partial charge is 0.328 e. The Kier molecular flexibility index (Phi) is 5.13. The molecule has 0 bridgehead atoms. The Bertz CT molecular complexity index is 628. The number of aryl methyl sites for hydroxylation is 1. The van der Waals surface area contributed by atoms with Crippen LogP contribution < -0.4 is 4.90 Å². The van der Waals surface area contributed by atoms with Crippen LogP contribution in [0, 0.1) is 6.92 Å². The van der Waals surface area contributed by atoms with Gasteiger partial charge >= 0.3 is 0 Å². The van der Waals surface area contributed by atoms with Crippen LogP contribution in [0.3, 0.4) is 0 Å². The highest BCUT2D eigenvalue weighted by Gasteiger charge is 2.18. The minimum atomic E-state index is 0.807. The molecule has 2 heterocycles. The summed E-state index contributed by atoms with van der Waals surface area (Å²) < 4.78 is 0. The van der Waals surface area contributed by atoms with E-state index in [0.717, 1.165) is 37.7 Å². The van der Waals surface area contributed by atoms with Gasteiger partial charge in [0.1, 0.15) is 6.54 Å². The number of hydrazone groups is 1. The van der Waals surface area contributed by atoms with Crippen molar-refractivity contribution >= 4 is 29.2 Å². The first-order valence-corrected chi connectivity index (χ1v) is 8.82. The van der Waals surface area contributed by atoms with E-state index >= 15 is 0 Å². The molecule has 1 aromatic carbocycles. The predicted octanol–water partition coefficient (Wildman–Crippen LogP) is 2.44. The molecule has 1 aromatic heterocycles. The minimum Gasteiger partial charge on any atom is -0.328 e. The van der Waals surface area contributed by atoms with Gasteiger partial charge in [-0.25, -0.2) is 0 Å². The highest BCUT2D eigenvalue weighted by Crippen LogP contribution is 2.12. The Morgan fingerprint density at radius 2 is 1.91 bits per heavy atom. The molecule has 3 nitrogen and oxygen atoms in total. The fourth-order valence-corrected chi connectivity index (χ4v) is 3.53. The Morgan fingerprint density at radius 3 is 2.55 bits per heavy atom. The first kappa shape index (κ1) is 15.5. The van der Waals surface area contributed by atoms with E-state index in [1.807, 2.05) is 18.3 Å². The van der Waals surface area contributed by atoms with Crippen LogP contribution in [0.4, 0.5) is 0 Å². The number of thiophene rings is 1. The van der Waals surface area contributed by atoms with Crippen molar-refractivity contribution < 1.29 is 4.90 Å². The summed E-state index contributed by atoms with van der Waals surface area (Å²) in [6.45, 7) is 7.49. The lowest BCUT2D eigenvalue weighted by Crippen LogP contribution is -3.13. The first-order chi connectivity index (χ1) is 10.7. The number of halogens is 1. The summed E-state index contributed by atoms with van der Waals surface area (Å²) in [6, 6.07) is 12.5. The highest BCUT2D eigenvalue weighted by molar-refractivity contribution is 7.13. The van der Waals surface area contributed by atoms with Crippen molar-refractivity contribution in [2.45, 2.75) is 13.5 Å². The van der Waals surface area contributed by atoms with Gasteiger partial charge in [-0.3, -0.25) is 5.01 Å². The second-order valence-corrected chi connectivity index (χ2v) is 7.46. The average molecular weight is 335 g/mol. The third-order valence-electron chi connectivity index (χ3n) is 3.92. The SMILES string of the molecule is Cc1ccc(C=NN2CC[NH+](Cc3ccc(Cl)cc3)CC2)s1. The zero-order valence-corrected chi connectivity index (χ0v) is 14.3. The van der Waals surface area contributed by atoms with Crippen LogP contribution in [0.25, 0.3) is 0 Å². The quantitative estimate of drug-likeness (QED) is 0.851. The fourth-order valence-electron chi connectivity index (χ4n) is 2.66. The van der Waals surface area contributed by atoms with Crippen molar-refractivity contribution in [3.05, 3.63) is 56.7 Å². The van der Waals surface area contributed by atoms with Gasteiger partial charge in [-0.05, 0) is 31.2 Å². The van der Waals surface area contributed by atoms with Gasteiger partial charge < -0.3 is 4.90 Å². The van der Waals surface area contributed by atoms with Gasteiger partial charge in [0, 0.05) is 20.3 Å². The third-order valence-corrected chi connectivity index (χ3v) is 5.11. The van der Waals surface area contributed by atoms with E-state index in [1.165, 1.54) is 15.3 Å². The normalized spacial score (nSPS) is 16.5. The summed E-state index contributed by atoms with van der Waals surface area (Å²) in [6.07, 6.45) is 1.99. The fraction of sp³-hybridized carbons (Fsp3) is 0.353. The van der Waals surface area contributed by atoms with E-state index in [2.05, 4.69) is 41.3 Å². The molecule has 3 rings (SSSR count). The van der Waals surface area contributed by atoms with Crippen molar-refractivity contribution in [2.24, 2.45) is 5.10 Å². The lowest BCUT2D eigenvalue weighted by molar-refractivity contribution is -0.918.